The van der Waals surface area contributed by atoms with Gasteiger partial charge in [-0.05, 0) is 11.6 Å². The smallest absolute Gasteiger partial charge is 0.208 e. The Balaban J connectivity index is 2.11. The summed E-state index contributed by atoms with van der Waals surface area (Å²) in [7, 11) is 3.96. The highest BCUT2D eigenvalue weighted by Crippen LogP contribution is 2.34. The lowest BCUT2D eigenvalue weighted by Gasteiger charge is -2.11. The van der Waals surface area contributed by atoms with Crippen molar-refractivity contribution in [2.75, 3.05) is 19.0 Å². The molecule has 6 heteroatoms. The van der Waals surface area contributed by atoms with Crippen LogP contribution in [0.5, 0.6) is 0 Å². The highest BCUT2D eigenvalue weighted by Gasteiger charge is 2.10. The second-order valence-corrected chi connectivity index (χ2v) is 7.24. The van der Waals surface area contributed by atoms with Gasteiger partial charge in [0, 0.05) is 31.6 Å². The first-order valence-corrected chi connectivity index (χ1v) is 8.19. The molecular formula is C14H20N4S2. The fraction of sp³-hybridized carbons (Fsp3) is 0.429. The Morgan fingerprint density at radius 1 is 1.25 bits per heavy atom. The SMILES string of the molecule is CC(C)NCc1ccccc1Sc1nnc(N(C)C)s1. The highest BCUT2D eigenvalue weighted by molar-refractivity contribution is 8.01. The van der Waals surface area contributed by atoms with Crippen LogP contribution in [-0.2, 0) is 6.54 Å². The maximum Gasteiger partial charge on any atom is 0.208 e. The van der Waals surface area contributed by atoms with Crippen LogP contribution >= 0.6 is 23.1 Å². The van der Waals surface area contributed by atoms with Gasteiger partial charge in [-0.3, -0.25) is 0 Å². The largest absolute Gasteiger partial charge is 0.353 e. The van der Waals surface area contributed by atoms with Gasteiger partial charge in [0.25, 0.3) is 0 Å². The van der Waals surface area contributed by atoms with Crippen molar-refractivity contribution in [1.82, 2.24) is 15.5 Å². The molecular weight excluding hydrogens is 288 g/mol. The first-order valence-electron chi connectivity index (χ1n) is 6.56. The van der Waals surface area contributed by atoms with E-state index < -0.39 is 0 Å². The fourth-order valence-electron chi connectivity index (χ4n) is 1.58. The molecule has 0 aliphatic heterocycles. The van der Waals surface area contributed by atoms with E-state index in [0.717, 1.165) is 16.0 Å². The molecule has 0 atom stereocenters. The Kier molecular flexibility index (Phi) is 5.39. The molecule has 0 radical (unpaired) electrons. The Morgan fingerprint density at radius 3 is 2.65 bits per heavy atom. The van der Waals surface area contributed by atoms with Gasteiger partial charge in [0.2, 0.25) is 5.13 Å². The maximum atomic E-state index is 4.24. The number of nitrogens with zero attached hydrogens (tertiary/aromatic N) is 3. The van der Waals surface area contributed by atoms with Gasteiger partial charge in [-0.1, -0.05) is 55.1 Å². The summed E-state index contributed by atoms with van der Waals surface area (Å²) in [6.45, 7) is 5.19. The quantitative estimate of drug-likeness (QED) is 0.887. The molecule has 4 nitrogen and oxygen atoms in total. The molecule has 0 amide bonds. The van der Waals surface area contributed by atoms with Gasteiger partial charge in [0.05, 0.1) is 0 Å². The molecule has 2 aromatic rings. The molecule has 0 saturated heterocycles. The molecule has 0 aliphatic rings. The van der Waals surface area contributed by atoms with Crippen molar-refractivity contribution < 1.29 is 0 Å². The predicted octanol–water partition coefficient (Wildman–Crippen LogP) is 3.25. The molecule has 2 rings (SSSR count). The Hall–Kier alpha value is -1.11. The summed E-state index contributed by atoms with van der Waals surface area (Å²) in [5, 5.41) is 12.8. The van der Waals surface area contributed by atoms with Crippen molar-refractivity contribution in [1.29, 1.82) is 0 Å². The average Bonchev–Trinajstić information content (AvgIpc) is 2.86. The van der Waals surface area contributed by atoms with Crippen LogP contribution in [0.2, 0.25) is 0 Å². The number of benzene rings is 1. The summed E-state index contributed by atoms with van der Waals surface area (Å²) >= 11 is 3.30. The molecule has 0 bridgehead atoms. The molecule has 0 spiro atoms. The van der Waals surface area contributed by atoms with E-state index in [0.29, 0.717) is 6.04 Å². The van der Waals surface area contributed by atoms with Crippen LogP contribution in [0.3, 0.4) is 0 Å². The van der Waals surface area contributed by atoms with E-state index in [1.165, 1.54) is 10.5 Å². The van der Waals surface area contributed by atoms with Crippen LogP contribution in [0.25, 0.3) is 0 Å². The van der Waals surface area contributed by atoms with Crippen LogP contribution in [0.15, 0.2) is 33.5 Å². The van der Waals surface area contributed by atoms with E-state index in [-0.39, 0.29) is 0 Å². The number of nitrogens with one attached hydrogen (secondary N) is 1. The monoisotopic (exact) mass is 308 g/mol. The Labute approximate surface area is 128 Å². The third-order valence-electron chi connectivity index (χ3n) is 2.65. The first-order chi connectivity index (χ1) is 9.56. The maximum absolute atomic E-state index is 4.24. The summed E-state index contributed by atoms with van der Waals surface area (Å²) in [5.41, 5.74) is 1.30. The van der Waals surface area contributed by atoms with Crippen molar-refractivity contribution in [3.05, 3.63) is 29.8 Å². The van der Waals surface area contributed by atoms with Crippen molar-refractivity contribution in [2.45, 2.75) is 35.7 Å². The van der Waals surface area contributed by atoms with Crippen LogP contribution in [0, 0.1) is 0 Å². The van der Waals surface area contributed by atoms with Crippen LogP contribution in [-0.4, -0.2) is 30.3 Å². The second kappa shape index (κ2) is 7.06. The van der Waals surface area contributed by atoms with Gasteiger partial charge in [0.15, 0.2) is 4.34 Å². The van der Waals surface area contributed by atoms with Crippen LogP contribution in [0.1, 0.15) is 19.4 Å². The Bertz CT molecular complexity index is 552. The van der Waals surface area contributed by atoms with Crippen molar-refractivity contribution >= 4 is 28.2 Å². The lowest BCUT2D eigenvalue weighted by Crippen LogP contribution is -2.22. The van der Waals surface area contributed by atoms with Crippen molar-refractivity contribution in [2.24, 2.45) is 0 Å². The van der Waals surface area contributed by atoms with E-state index in [9.17, 15) is 0 Å². The Morgan fingerprint density at radius 2 is 2.00 bits per heavy atom. The molecule has 20 heavy (non-hydrogen) atoms. The molecule has 1 N–H and O–H groups in total. The zero-order valence-electron chi connectivity index (χ0n) is 12.3. The molecule has 0 saturated carbocycles. The summed E-state index contributed by atoms with van der Waals surface area (Å²) in [5.74, 6) is 0. The summed E-state index contributed by atoms with van der Waals surface area (Å²) < 4.78 is 0.977. The molecule has 1 heterocycles. The summed E-state index contributed by atoms with van der Waals surface area (Å²) in [4.78, 5) is 3.22. The molecule has 1 aromatic heterocycles. The van der Waals surface area contributed by atoms with Gasteiger partial charge in [0.1, 0.15) is 0 Å². The van der Waals surface area contributed by atoms with E-state index >= 15 is 0 Å². The van der Waals surface area contributed by atoms with E-state index in [1.54, 1.807) is 23.1 Å². The highest BCUT2D eigenvalue weighted by atomic mass is 32.2. The van der Waals surface area contributed by atoms with Crippen molar-refractivity contribution in [3.63, 3.8) is 0 Å². The molecule has 0 fully saturated rings. The van der Waals surface area contributed by atoms with Crippen LogP contribution < -0.4 is 10.2 Å². The minimum absolute atomic E-state index is 0.481. The molecule has 0 aliphatic carbocycles. The first kappa shape index (κ1) is 15.3. The average molecular weight is 308 g/mol. The van der Waals surface area contributed by atoms with Gasteiger partial charge >= 0.3 is 0 Å². The predicted molar refractivity (Wildman–Crippen MR) is 86.8 cm³/mol. The van der Waals surface area contributed by atoms with Gasteiger partial charge in [-0.2, -0.15) is 0 Å². The number of rotatable bonds is 6. The minimum atomic E-state index is 0.481. The number of aromatic nitrogens is 2. The lowest BCUT2D eigenvalue weighted by atomic mass is 10.2. The zero-order chi connectivity index (χ0) is 14.5. The normalized spacial score (nSPS) is 11.1. The number of hydrogen-bond acceptors (Lipinski definition) is 6. The number of anilines is 1. The van der Waals surface area contributed by atoms with Gasteiger partial charge in [-0.25, -0.2) is 0 Å². The van der Waals surface area contributed by atoms with Crippen molar-refractivity contribution in [3.8, 4) is 0 Å². The zero-order valence-corrected chi connectivity index (χ0v) is 13.9. The molecule has 1 aromatic carbocycles. The molecule has 0 unspecified atom stereocenters. The summed E-state index contributed by atoms with van der Waals surface area (Å²) in [6, 6.07) is 8.92. The fourth-order valence-corrected chi connectivity index (χ4v) is 3.43. The minimum Gasteiger partial charge on any atom is -0.353 e. The second-order valence-electron chi connectivity index (χ2n) is 4.99. The topological polar surface area (TPSA) is 41.1 Å². The third-order valence-corrected chi connectivity index (χ3v) is 4.91. The van der Waals surface area contributed by atoms with Gasteiger partial charge in [-0.15, -0.1) is 10.2 Å². The van der Waals surface area contributed by atoms with Gasteiger partial charge < -0.3 is 10.2 Å². The number of hydrogen-bond donors (Lipinski definition) is 1. The van der Waals surface area contributed by atoms with E-state index in [4.69, 9.17) is 0 Å². The lowest BCUT2D eigenvalue weighted by molar-refractivity contribution is 0.585. The third kappa shape index (κ3) is 4.19. The van der Waals surface area contributed by atoms with E-state index in [2.05, 4.69) is 53.6 Å². The standard InChI is InChI=1S/C14H20N4S2/c1-10(2)15-9-11-7-5-6-8-12(11)19-14-17-16-13(20-14)18(3)4/h5-8,10,15H,9H2,1-4H3. The summed E-state index contributed by atoms with van der Waals surface area (Å²) in [6.07, 6.45) is 0. The molecule has 108 valence electrons. The van der Waals surface area contributed by atoms with Crippen LogP contribution in [0.4, 0.5) is 5.13 Å². The van der Waals surface area contributed by atoms with E-state index in [1.807, 2.05) is 19.0 Å².